The minimum atomic E-state index is -1.16. The minimum Gasteiger partial charge on any atom is -0.478 e. The van der Waals surface area contributed by atoms with E-state index in [1.165, 1.54) is 13.8 Å². The monoisotopic (exact) mass is 570 g/mol. The van der Waals surface area contributed by atoms with Crippen LogP contribution in [0.3, 0.4) is 0 Å². The highest BCUT2D eigenvalue weighted by atomic mass is 16.5. The lowest BCUT2D eigenvalue weighted by molar-refractivity contribution is 0.0156. The number of fused-ring (bicyclic) bond motifs is 4. The highest BCUT2D eigenvalue weighted by Gasteiger charge is 2.28. The summed E-state index contributed by atoms with van der Waals surface area (Å²) in [6.45, 7) is 3.04. The van der Waals surface area contributed by atoms with Crippen LogP contribution in [0.2, 0.25) is 0 Å². The van der Waals surface area contributed by atoms with E-state index in [9.17, 15) is 29.4 Å². The molecule has 0 heterocycles. The third kappa shape index (κ3) is 4.70. The number of carboxylic acid groups (broad SMARTS) is 2. The van der Waals surface area contributed by atoms with Crippen molar-refractivity contribution < 1.29 is 34.1 Å². The molecule has 43 heavy (non-hydrogen) atoms. The molecule has 0 aliphatic carbocycles. The maximum absolute atomic E-state index is 13.8. The molecule has 0 fully saturated rings. The number of ether oxygens (including phenoxy) is 1. The Hall–Kier alpha value is -5.40. The molecule has 2 atom stereocenters. The molecule has 0 amide bonds. The lowest BCUT2D eigenvalue weighted by Gasteiger charge is -2.20. The molecule has 0 radical (unpaired) electrons. The predicted octanol–water partition coefficient (Wildman–Crippen LogP) is 7.56. The van der Waals surface area contributed by atoms with Gasteiger partial charge in [-0.15, -0.1) is 0 Å². The van der Waals surface area contributed by atoms with Gasteiger partial charge in [0.1, 0.15) is 12.2 Å². The van der Waals surface area contributed by atoms with Crippen LogP contribution in [-0.2, 0) is 4.74 Å². The van der Waals surface area contributed by atoms with E-state index >= 15 is 0 Å². The SMILES string of the molecule is CC(OC(C)C(=O)c1cccc2cc3ccccc3c(C(=O)O)c12)C(=O)c1cccc2cc3ccccc3c(C(=O)O)c12. The Bertz CT molecular complexity index is 1990. The Kier molecular flexibility index (Phi) is 6.96. The zero-order chi connectivity index (χ0) is 30.4. The molecule has 212 valence electrons. The van der Waals surface area contributed by atoms with Crippen LogP contribution in [0.1, 0.15) is 55.3 Å². The highest BCUT2D eigenvalue weighted by molar-refractivity contribution is 6.23. The molecule has 0 saturated heterocycles. The number of carbonyl (C=O) groups excluding carboxylic acids is 2. The van der Waals surface area contributed by atoms with E-state index < -0.39 is 35.7 Å². The van der Waals surface area contributed by atoms with Gasteiger partial charge in [0.25, 0.3) is 0 Å². The standard InChI is InChI=1S/C36H26O7/c1-19(33(37)27-15-7-11-23-17-21-9-3-5-13-25(21)31(29(23)27)35(39)40)43-20(2)34(38)28-16-8-12-24-18-22-10-4-6-14-26(22)32(30(24)28)36(41)42/h3-20H,1-2H3,(H,39,40)(H,41,42). The summed E-state index contributed by atoms with van der Waals surface area (Å²) in [6.07, 6.45) is -2.21. The molecule has 0 saturated carbocycles. The zero-order valence-electron chi connectivity index (χ0n) is 23.3. The van der Waals surface area contributed by atoms with Crippen LogP contribution in [0.4, 0.5) is 0 Å². The molecule has 6 aromatic carbocycles. The van der Waals surface area contributed by atoms with E-state index in [-0.39, 0.29) is 22.3 Å². The van der Waals surface area contributed by atoms with Gasteiger partial charge >= 0.3 is 11.9 Å². The zero-order valence-corrected chi connectivity index (χ0v) is 23.3. The van der Waals surface area contributed by atoms with Gasteiger partial charge in [0, 0.05) is 21.9 Å². The number of Topliss-reactive ketones (excluding diaryl/α,β-unsaturated/α-hetero) is 2. The third-order valence-corrected chi connectivity index (χ3v) is 7.88. The molecule has 0 aromatic heterocycles. The van der Waals surface area contributed by atoms with E-state index in [0.717, 1.165) is 10.8 Å². The topological polar surface area (TPSA) is 118 Å². The van der Waals surface area contributed by atoms with Gasteiger partial charge in [-0.2, -0.15) is 0 Å². The molecule has 0 aliphatic heterocycles. The Morgan fingerprint density at radius 3 is 1.30 bits per heavy atom. The Balaban J connectivity index is 1.38. The van der Waals surface area contributed by atoms with Crippen molar-refractivity contribution >= 4 is 66.6 Å². The average Bonchev–Trinajstić information content (AvgIpc) is 3.00. The highest BCUT2D eigenvalue weighted by Crippen LogP contribution is 2.34. The molecule has 2 N–H and O–H groups in total. The van der Waals surface area contributed by atoms with Crippen molar-refractivity contribution in [1.82, 2.24) is 0 Å². The lowest BCUT2D eigenvalue weighted by Crippen LogP contribution is -2.31. The van der Waals surface area contributed by atoms with Crippen LogP contribution in [0, 0.1) is 0 Å². The molecule has 0 spiro atoms. The molecule has 6 aromatic rings. The molecule has 6 rings (SSSR count). The van der Waals surface area contributed by atoms with Crippen molar-refractivity contribution in [2.75, 3.05) is 0 Å². The summed E-state index contributed by atoms with van der Waals surface area (Å²) in [5.41, 5.74) is 0.408. The second kappa shape index (κ2) is 10.8. The summed E-state index contributed by atoms with van der Waals surface area (Å²) >= 11 is 0. The largest absolute Gasteiger partial charge is 0.478 e. The smallest absolute Gasteiger partial charge is 0.336 e. The van der Waals surface area contributed by atoms with Crippen LogP contribution >= 0.6 is 0 Å². The number of benzene rings is 6. The first-order valence-electron chi connectivity index (χ1n) is 13.8. The Morgan fingerprint density at radius 1 is 0.535 bits per heavy atom. The van der Waals surface area contributed by atoms with Gasteiger partial charge in [0.15, 0.2) is 11.6 Å². The maximum Gasteiger partial charge on any atom is 0.336 e. The predicted molar refractivity (Wildman–Crippen MR) is 165 cm³/mol. The fourth-order valence-corrected chi connectivity index (χ4v) is 5.97. The van der Waals surface area contributed by atoms with Gasteiger partial charge in [0.2, 0.25) is 0 Å². The van der Waals surface area contributed by atoms with E-state index in [1.807, 2.05) is 36.4 Å². The van der Waals surface area contributed by atoms with Gasteiger partial charge < -0.3 is 14.9 Å². The number of carbonyl (C=O) groups is 4. The summed E-state index contributed by atoms with van der Waals surface area (Å²) in [7, 11) is 0. The Labute approximate surface area is 245 Å². The van der Waals surface area contributed by atoms with Crippen LogP contribution in [-0.4, -0.2) is 45.9 Å². The number of rotatable bonds is 8. The summed E-state index contributed by atoms with van der Waals surface area (Å²) in [6, 6.07) is 27.9. The van der Waals surface area contributed by atoms with E-state index in [2.05, 4.69) is 0 Å². The molecule has 7 nitrogen and oxygen atoms in total. The summed E-state index contributed by atoms with van der Waals surface area (Å²) in [4.78, 5) is 52.4. The van der Waals surface area contributed by atoms with Crippen molar-refractivity contribution in [3.63, 3.8) is 0 Å². The fourth-order valence-electron chi connectivity index (χ4n) is 5.97. The van der Waals surface area contributed by atoms with E-state index in [0.29, 0.717) is 32.3 Å². The number of hydrogen-bond acceptors (Lipinski definition) is 5. The van der Waals surface area contributed by atoms with Crippen LogP contribution in [0.5, 0.6) is 0 Å². The van der Waals surface area contributed by atoms with Crippen molar-refractivity contribution in [3.8, 4) is 0 Å². The van der Waals surface area contributed by atoms with Crippen molar-refractivity contribution in [1.29, 1.82) is 0 Å². The molecule has 0 bridgehead atoms. The number of carboxylic acids is 2. The summed E-state index contributed by atoms with van der Waals surface area (Å²) < 4.78 is 5.96. The minimum absolute atomic E-state index is 0.0255. The number of aromatic carboxylic acids is 2. The van der Waals surface area contributed by atoms with Gasteiger partial charge in [-0.1, -0.05) is 84.9 Å². The maximum atomic E-state index is 13.8. The third-order valence-electron chi connectivity index (χ3n) is 7.88. The fraction of sp³-hybridized carbons (Fsp3) is 0.111. The number of hydrogen-bond donors (Lipinski definition) is 2. The van der Waals surface area contributed by atoms with Gasteiger partial charge in [-0.3, -0.25) is 9.59 Å². The molecular formula is C36H26O7. The van der Waals surface area contributed by atoms with Crippen LogP contribution < -0.4 is 0 Å². The average molecular weight is 571 g/mol. The molecule has 0 aliphatic rings. The quantitative estimate of drug-likeness (QED) is 0.143. The molecular weight excluding hydrogens is 544 g/mol. The lowest BCUT2D eigenvalue weighted by atomic mass is 9.90. The first kappa shape index (κ1) is 27.8. The molecule has 7 heteroatoms. The van der Waals surface area contributed by atoms with Crippen molar-refractivity contribution in [2.45, 2.75) is 26.1 Å². The van der Waals surface area contributed by atoms with Gasteiger partial charge in [-0.25, -0.2) is 9.59 Å². The van der Waals surface area contributed by atoms with Crippen LogP contribution in [0.25, 0.3) is 43.1 Å². The molecule has 2 unspecified atom stereocenters. The van der Waals surface area contributed by atoms with Gasteiger partial charge in [0.05, 0.1) is 11.1 Å². The second-order valence-corrected chi connectivity index (χ2v) is 10.5. The first-order valence-corrected chi connectivity index (χ1v) is 13.8. The van der Waals surface area contributed by atoms with Crippen LogP contribution in [0.15, 0.2) is 97.1 Å². The Morgan fingerprint density at radius 2 is 0.907 bits per heavy atom. The second-order valence-electron chi connectivity index (χ2n) is 10.5. The van der Waals surface area contributed by atoms with E-state index in [1.54, 1.807) is 60.7 Å². The first-order chi connectivity index (χ1) is 20.7. The van der Waals surface area contributed by atoms with Crippen molar-refractivity contribution in [2.24, 2.45) is 0 Å². The summed E-state index contributed by atoms with van der Waals surface area (Å²) in [5, 5.41) is 24.6. The van der Waals surface area contributed by atoms with E-state index in [4.69, 9.17) is 4.74 Å². The van der Waals surface area contributed by atoms with Gasteiger partial charge in [-0.05, 0) is 58.3 Å². The summed E-state index contributed by atoms with van der Waals surface area (Å²) in [5.74, 6) is -3.26. The number of ketones is 2. The van der Waals surface area contributed by atoms with Crippen molar-refractivity contribution in [3.05, 3.63) is 119 Å². The normalized spacial score (nSPS) is 12.9.